The summed E-state index contributed by atoms with van der Waals surface area (Å²) in [7, 11) is 1.31. The summed E-state index contributed by atoms with van der Waals surface area (Å²) >= 11 is 0. The lowest BCUT2D eigenvalue weighted by molar-refractivity contribution is -0.145. The molecule has 0 spiro atoms. The molecule has 0 aliphatic carbocycles. The smallest absolute Gasteiger partial charge is 0.328 e. The van der Waals surface area contributed by atoms with E-state index in [1.165, 1.54) is 7.11 Å². The molecule has 0 aliphatic heterocycles. The first kappa shape index (κ1) is 25.4. The van der Waals surface area contributed by atoms with Crippen molar-refractivity contribution in [1.82, 2.24) is 5.32 Å². The molecule has 0 aliphatic rings. The van der Waals surface area contributed by atoms with Gasteiger partial charge >= 0.3 is 5.97 Å². The van der Waals surface area contributed by atoms with Crippen molar-refractivity contribution in [3.8, 4) is 6.07 Å². The van der Waals surface area contributed by atoms with E-state index >= 15 is 0 Å². The Morgan fingerprint density at radius 1 is 0.784 bits per heavy atom. The Morgan fingerprint density at radius 3 is 1.65 bits per heavy atom. The molecule has 4 rings (SSSR count). The first-order chi connectivity index (χ1) is 18.1. The third kappa shape index (κ3) is 5.76. The summed E-state index contributed by atoms with van der Waals surface area (Å²) in [6.07, 6.45) is 0.338. The number of nitrogens with one attached hydrogen (secondary N) is 1. The van der Waals surface area contributed by atoms with Gasteiger partial charge in [0, 0.05) is 12.8 Å². The van der Waals surface area contributed by atoms with Crippen LogP contribution < -0.4 is 5.32 Å². The van der Waals surface area contributed by atoms with Gasteiger partial charge in [0.2, 0.25) is 5.91 Å². The average molecular weight is 489 g/mol. The first-order valence-electron chi connectivity index (χ1n) is 12.1. The predicted molar refractivity (Wildman–Crippen MR) is 143 cm³/mol. The lowest BCUT2D eigenvalue weighted by Crippen LogP contribution is -2.46. The minimum Gasteiger partial charge on any atom is -0.467 e. The van der Waals surface area contributed by atoms with Gasteiger partial charge in [0.25, 0.3) is 0 Å². The molecule has 0 aromatic heterocycles. The van der Waals surface area contributed by atoms with Gasteiger partial charge in [-0.1, -0.05) is 103 Å². The third-order valence-corrected chi connectivity index (χ3v) is 6.57. The number of methoxy groups -OCH3 is 1. The van der Waals surface area contributed by atoms with Crippen molar-refractivity contribution in [2.75, 3.05) is 7.11 Å². The minimum atomic E-state index is -0.870. The molecule has 0 fully saturated rings. The van der Waals surface area contributed by atoms with Crippen LogP contribution in [0.3, 0.4) is 0 Å². The molecule has 1 N–H and O–H groups in total. The van der Waals surface area contributed by atoms with Gasteiger partial charge in [-0.2, -0.15) is 5.26 Å². The second-order valence-electron chi connectivity index (χ2n) is 8.84. The number of hydrogen-bond acceptors (Lipinski definition) is 4. The van der Waals surface area contributed by atoms with Crippen LogP contribution in [-0.4, -0.2) is 25.0 Å². The molecular weight excluding hydrogens is 460 g/mol. The van der Waals surface area contributed by atoms with E-state index in [1.807, 2.05) is 91.0 Å². The highest BCUT2D eigenvalue weighted by Gasteiger charge is 2.39. The van der Waals surface area contributed by atoms with Gasteiger partial charge in [0.05, 0.1) is 24.2 Å². The largest absolute Gasteiger partial charge is 0.467 e. The Balaban J connectivity index is 1.71. The number of benzene rings is 4. The molecule has 1 atom stereocenters. The first-order valence-corrected chi connectivity index (χ1v) is 12.1. The summed E-state index contributed by atoms with van der Waals surface area (Å²) in [4.78, 5) is 26.4. The Bertz CT molecular complexity index is 1270. The summed E-state index contributed by atoms with van der Waals surface area (Å²) in [5.41, 5.74) is 3.50. The van der Waals surface area contributed by atoms with Crippen LogP contribution in [0.15, 0.2) is 115 Å². The Hall–Kier alpha value is -4.69. The normalized spacial score (nSPS) is 11.7. The number of rotatable bonds is 9. The zero-order valence-corrected chi connectivity index (χ0v) is 20.6. The van der Waals surface area contributed by atoms with Crippen molar-refractivity contribution >= 4 is 11.9 Å². The van der Waals surface area contributed by atoms with Crippen LogP contribution in [0.25, 0.3) is 0 Å². The molecule has 37 heavy (non-hydrogen) atoms. The van der Waals surface area contributed by atoms with Crippen LogP contribution in [0.5, 0.6) is 0 Å². The number of hydrogen-bond donors (Lipinski definition) is 1. The number of carbonyl (C=O) groups excluding carboxylic acids is 2. The fraction of sp³-hybridized carbons (Fsp3) is 0.156. The number of ether oxygens (including phenoxy) is 1. The number of esters is 1. The fourth-order valence-corrected chi connectivity index (χ4v) is 4.75. The zero-order valence-electron chi connectivity index (χ0n) is 20.6. The summed E-state index contributed by atoms with van der Waals surface area (Å²) in [6, 6.07) is 38.0. The number of nitrogens with zero attached hydrogens (tertiary/aromatic N) is 1. The second-order valence-corrected chi connectivity index (χ2v) is 8.84. The van der Waals surface area contributed by atoms with Crippen LogP contribution in [-0.2, 0) is 26.2 Å². The van der Waals surface area contributed by atoms with Crippen LogP contribution in [0.4, 0.5) is 0 Å². The van der Waals surface area contributed by atoms with E-state index < -0.39 is 17.4 Å². The molecule has 5 heteroatoms. The average Bonchev–Trinajstić information content (AvgIpc) is 2.97. The highest BCUT2D eigenvalue weighted by Crippen LogP contribution is 2.42. The molecule has 0 radical (unpaired) electrons. The maximum Gasteiger partial charge on any atom is 0.328 e. The predicted octanol–water partition coefficient (Wildman–Crippen LogP) is 5.18. The van der Waals surface area contributed by atoms with Gasteiger partial charge in [0.1, 0.15) is 6.04 Å². The van der Waals surface area contributed by atoms with Crippen molar-refractivity contribution in [2.45, 2.75) is 24.3 Å². The molecule has 5 nitrogen and oxygen atoms in total. The maximum absolute atomic E-state index is 13.7. The summed E-state index contributed by atoms with van der Waals surface area (Å²) < 4.78 is 5.01. The van der Waals surface area contributed by atoms with Gasteiger partial charge in [-0.3, -0.25) is 4.79 Å². The van der Waals surface area contributed by atoms with E-state index in [1.54, 1.807) is 24.3 Å². The number of amides is 1. The van der Waals surface area contributed by atoms with Crippen molar-refractivity contribution in [3.05, 3.63) is 143 Å². The summed E-state index contributed by atoms with van der Waals surface area (Å²) in [5.74, 6) is -0.803. The van der Waals surface area contributed by atoms with Crippen molar-refractivity contribution in [3.63, 3.8) is 0 Å². The van der Waals surface area contributed by atoms with Crippen molar-refractivity contribution in [1.29, 1.82) is 5.26 Å². The molecule has 0 bridgehead atoms. The van der Waals surface area contributed by atoms with Gasteiger partial charge in [-0.05, 0) is 34.4 Å². The van der Waals surface area contributed by atoms with E-state index in [4.69, 9.17) is 10.00 Å². The molecular formula is C32H28N2O3. The fourth-order valence-electron chi connectivity index (χ4n) is 4.75. The standard InChI is InChI=1S/C32H28N2O3/c1-37-31(36)29(21-24-17-19-25(23-33)20-18-24)34-30(35)22-32(26-11-5-2-6-12-26,27-13-7-3-8-14-27)28-15-9-4-10-16-28/h2-20,29H,21-22H2,1H3,(H,34,35)/t29-/m1/s1. The number of carbonyl (C=O) groups is 2. The van der Waals surface area contributed by atoms with E-state index in [9.17, 15) is 9.59 Å². The molecule has 0 unspecified atom stereocenters. The molecule has 0 saturated heterocycles. The Kier molecular flexibility index (Phi) is 8.12. The molecule has 4 aromatic rings. The maximum atomic E-state index is 13.7. The number of nitriles is 1. The lowest BCUT2D eigenvalue weighted by Gasteiger charge is -2.36. The SMILES string of the molecule is COC(=O)[C@@H](Cc1ccc(C#N)cc1)NC(=O)CC(c1ccccc1)(c1ccccc1)c1ccccc1. The zero-order chi connectivity index (χ0) is 26.1. The summed E-state index contributed by atoms with van der Waals surface area (Å²) in [5, 5.41) is 12.0. The van der Waals surface area contributed by atoms with Crippen LogP contribution in [0.1, 0.15) is 34.2 Å². The van der Waals surface area contributed by atoms with Gasteiger partial charge in [-0.25, -0.2) is 4.79 Å². The second kappa shape index (κ2) is 11.8. The molecule has 0 heterocycles. The van der Waals surface area contributed by atoms with Gasteiger partial charge in [0.15, 0.2) is 0 Å². The van der Waals surface area contributed by atoms with Crippen molar-refractivity contribution < 1.29 is 14.3 Å². The monoisotopic (exact) mass is 488 g/mol. The Morgan fingerprint density at radius 2 is 1.24 bits per heavy atom. The summed E-state index contributed by atoms with van der Waals surface area (Å²) in [6.45, 7) is 0. The topological polar surface area (TPSA) is 79.2 Å². The molecule has 1 amide bonds. The van der Waals surface area contributed by atoms with E-state index in [2.05, 4.69) is 11.4 Å². The van der Waals surface area contributed by atoms with Crippen LogP contribution >= 0.6 is 0 Å². The molecule has 0 saturated carbocycles. The van der Waals surface area contributed by atoms with Crippen LogP contribution in [0, 0.1) is 11.3 Å². The highest BCUT2D eigenvalue weighted by atomic mass is 16.5. The highest BCUT2D eigenvalue weighted by molar-refractivity contribution is 5.86. The lowest BCUT2D eigenvalue weighted by atomic mass is 9.67. The van der Waals surface area contributed by atoms with E-state index in [0.717, 1.165) is 22.3 Å². The van der Waals surface area contributed by atoms with Crippen LogP contribution in [0.2, 0.25) is 0 Å². The van der Waals surface area contributed by atoms with E-state index in [0.29, 0.717) is 5.56 Å². The van der Waals surface area contributed by atoms with Gasteiger partial charge in [-0.15, -0.1) is 0 Å². The van der Waals surface area contributed by atoms with Gasteiger partial charge < -0.3 is 10.1 Å². The molecule has 184 valence electrons. The Labute approximate surface area is 217 Å². The third-order valence-electron chi connectivity index (χ3n) is 6.57. The quantitative estimate of drug-likeness (QED) is 0.260. The van der Waals surface area contributed by atoms with E-state index in [-0.39, 0.29) is 18.7 Å². The van der Waals surface area contributed by atoms with Crippen molar-refractivity contribution in [2.24, 2.45) is 0 Å². The minimum absolute atomic E-state index is 0.0892. The molecule has 4 aromatic carbocycles.